The number of nitrogens with zero attached hydrogens (tertiary/aromatic N) is 2. The Morgan fingerprint density at radius 1 is 1.33 bits per heavy atom. The number of piperazine rings is 1. The number of nitrogens with one attached hydrogen (secondary N) is 1. The van der Waals surface area contributed by atoms with Gasteiger partial charge in [0.2, 0.25) is 5.89 Å². The van der Waals surface area contributed by atoms with E-state index in [-0.39, 0.29) is 12.4 Å². The van der Waals surface area contributed by atoms with Crippen LogP contribution in [0.15, 0.2) is 34.9 Å². The molecule has 1 saturated heterocycles. The maximum atomic E-state index is 5.61. The lowest BCUT2D eigenvalue weighted by Gasteiger charge is -2.33. The van der Waals surface area contributed by atoms with Gasteiger partial charge in [0.15, 0.2) is 0 Å². The molecule has 2 heterocycles. The maximum absolute atomic E-state index is 5.61. The number of aryl methyl sites for hydroxylation is 1. The Balaban J connectivity index is 0.00000161. The van der Waals surface area contributed by atoms with Crippen LogP contribution in [0, 0.1) is 6.92 Å². The zero-order valence-electron chi connectivity index (χ0n) is 12.5. The molecular weight excluding hydrogens is 286 g/mol. The molecule has 0 unspecified atom stereocenters. The standard InChI is InChI=1S/C16H21N3O.ClH/c1-12-3-5-14(6-4-12)16-18-15(11-20-16)10-19-8-7-17-9-13(19)2;/h3-6,11,13,17H,7-10H2,1-2H3;1H/t13-;/m0./s1. The lowest BCUT2D eigenvalue weighted by Crippen LogP contribution is -2.49. The van der Waals surface area contributed by atoms with E-state index in [1.807, 2.05) is 0 Å². The Labute approximate surface area is 132 Å². The number of hydrogen-bond donors (Lipinski definition) is 1. The fourth-order valence-corrected chi connectivity index (χ4v) is 2.53. The van der Waals surface area contributed by atoms with Crippen molar-refractivity contribution in [1.29, 1.82) is 0 Å². The van der Waals surface area contributed by atoms with Crippen molar-refractivity contribution in [2.75, 3.05) is 19.6 Å². The third-order valence-electron chi connectivity index (χ3n) is 3.85. The molecule has 0 aliphatic carbocycles. The van der Waals surface area contributed by atoms with Gasteiger partial charge in [0, 0.05) is 37.8 Å². The van der Waals surface area contributed by atoms with Crippen molar-refractivity contribution >= 4 is 12.4 Å². The fraction of sp³-hybridized carbons (Fsp3) is 0.438. The number of benzene rings is 1. The van der Waals surface area contributed by atoms with E-state index in [1.54, 1.807) is 6.26 Å². The minimum atomic E-state index is 0. The van der Waals surface area contributed by atoms with Crippen LogP contribution in [0.3, 0.4) is 0 Å². The van der Waals surface area contributed by atoms with Gasteiger partial charge in [-0.3, -0.25) is 4.90 Å². The van der Waals surface area contributed by atoms with E-state index in [0.29, 0.717) is 11.9 Å². The smallest absolute Gasteiger partial charge is 0.226 e. The second-order valence-electron chi connectivity index (χ2n) is 5.53. The first-order chi connectivity index (χ1) is 9.72. The Bertz CT molecular complexity index is 567. The number of aromatic nitrogens is 1. The van der Waals surface area contributed by atoms with E-state index in [1.165, 1.54) is 5.56 Å². The number of hydrogen-bond acceptors (Lipinski definition) is 4. The van der Waals surface area contributed by atoms with Crippen molar-refractivity contribution in [3.63, 3.8) is 0 Å². The Morgan fingerprint density at radius 2 is 2.10 bits per heavy atom. The normalized spacial score (nSPS) is 19.2. The molecule has 1 aromatic heterocycles. The molecule has 114 valence electrons. The average Bonchev–Trinajstić information content (AvgIpc) is 2.91. The zero-order chi connectivity index (χ0) is 13.9. The minimum Gasteiger partial charge on any atom is -0.444 e. The highest BCUT2D eigenvalue weighted by molar-refractivity contribution is 5.85. The molecule has 0 radical (unpaired) electrons. The molecule has 0 spiro atoms. The maximum Gasteiger partial charge on any atom is 0.226 e. The highest BCUT2D eigenvalue weighted by atomic mass is 35.5. The summed E-state index contributed by atoms with van der Waals surface area (Å²) in [5.41, 5.74) is 3.29. The summed E-state index contributed by atoms with van der Waals surface area (Å²) in [6, 6.07) is 8.81. The van der Waals surface area contributed by atoms with Crippen molar-refractivity contribution in [1.82, 2.24) is 15.2 Å². The topological polar surface area (TPSA) is 41.3 Å². The average molecular weight is 308 g/mol. The molecule has 5 heteroatoms. The molecule has 0 saturated carbocycles. The van der Waals surface area contributed by atoms with E-state index in [4.69, 9.17) is 4.42 Å². The van der Waals surface area contributed by atoms with Gasteiger partial charge in [0.25, 0.3) is 0 Å². The first kappa shape index (κ1) is 16.0. The van der Waals surface area contributed by atoms with Gasteiger partial charge in [-0.15, -0.1) is 12.4 Å². The minimum absolute atomic E-state index is 0. The van der Waals surface area contributed by atoms with E-state index in [0.717, 1.165) is 37.4 Å². The highest BCUT2D eigenvalue weighted by Gasteiger charge is 2.19. The SMILES string of the molecule is Cc1ccc(-c2nc(CN3CCNC[C@@H]3C)co2)cc1.Cl. The summed E-state index contributed by atoms with van der Waals surface area (Å²) in [5, 5.41) is 3.40. The van der Waals surface area contributed by atoms with Crippen LogP contribution in [0.25, 0.3) is 11.5 Å². The molecule has 1 aliphatic rings. The largest absolute Gasteiger partial charge is 0.444 e. The molecule has 4 nitrogen and oxygen atoms in total. The van der Waals surface area contributed by atoms with E-state index in [9.17, 15) is 0 Å². The quantitative estimate of drug-likeness (QED) is 0.947. The molecule has 0 amide bonds. The predicted molar refractivity (Wildman–Crippen MR) is 86.7 cm³/mol. The van der Waals surface area contributed by atoms with E-state index >= 15 is 0 Å². The van der Waals surface area contributed by atoms with Gasteiger partial charge in [0.1, 0.15) is 6.26 Å². The lowest BCUT2D eigenvalue weighted by atomic mass is 10.1. The summed E-state index contributed by atoms with van der Waals surface area (Å²) in [6.07, 6.45) is 1.78. The molecule has 1 fully saturated rings. The van der Waals surface area contributed by atoms with E-state index in [2.05, 4.69) is 53.3 Å². The van der Waals surface area contributed by atoms with Crippen molar-refractivity contribution < 1.29 is 4.42 Å². The van der Waals surface area contributed by atoms with Crippen LogP contribution in [0.1, 0.15) is 18.2 Å². The van der Waals surface area contributed by atoms with Crippen molar-refractivity contribution in [3.05, 3.63) is 41.8 Å². The van der Waals surface area contributed by atoms with Crippen molar-refractivity contribution in [3.8, 4) is 11.5 Å². The molecule has 3 rings (SSSR count). The summed E-state index contributed by atoms with van der Waals surface area (Å²) in [6.45, 7) is 8.34. The molecule has 1 atom stereocenters. The van der Waals surface area contributed by atoms with Gasteiger partial charge in [0.05, 0.1) is 5.69 Å². The lowest BCUT2D eigenvalue weighted by molar-refractivity contribution is 0.163. The molecule has 1 aromatic carbocycles. The zero-order valence-corrected chi connectivity index (χ0v) is 13.3. The van der Waals surface area contributed by atoms with Gasteiger partial charge < -0.3 is 9.73 Å². The van der Waals surface area contributed by atoms with Crippen LogP contribution >= 0.6 is 12.4 Å². The first-order valence-electron chi connectivity index (χ1n) is 7.18. The molecule has 0 bridgehead atoms. The van der Waals surface area contributed by atoms with Crippen LogP contribution < -0.4 is 5.32 Å². The summed E-state index contributed by atoms with van der Waals surface area (Å²) in [5.74, 6) is 0.711. The number of oxazole rings is 1. The van der Waals surface area contributed by atoms with Crippen LogP contribution in [-0.2, 0) is 6.54 Å². The summed E-state index contributed by atoms with van der Waals surface area (Å²) in [7, 11) is 0. The van der Waals surface area contributed by atoms with Crippen molar-refractivity contribution in [2.24, 2.45) is 0 Å². The van der Waals surface area contributed by atoms with Crippen LogP contribution in [0.2, 0.25) is 0 Å². The monoisotopic (exact) mass is 307 g/mol. The van der Waals surface area contributed by atoms with Gasteiger partial charge in [-0.2, -0.15) is 0 Å². The van der Waals surface area contributed by atoms with Crippen LogP contribution in [0.4, 0.5) is 0 Å². The highest BCUT2D eigenvalue weighted by Crippen LogP contribution is 2.20. The number of rotatable bonds is 3. The predicted octanol–water partition coefficient (Wildman–Crippen LogP) is 2.87. The summed E-state index contributed by atoms with van der Waals surface area (Å²) in [4.78, 5) is 7.05. The van der Waals surface area contributed by atoms with Gasteiger partial charge in [-0.1, -0.05) is 17.7 Å². The van der Waals surface area contributed by atoms with Crippen LogP contribution in [0.5, 0.6) is 0 Å². The molecule has 2 aromatic rings. The second-order valence-corrected chi connectivity index (χ2v) is 5.53. The molecule has 21 heavy (non-hydrogen) atoms. The van der Waals surface area contributed by atoms with Crippen molar-refractivity contribution in [2.45, 2.75) is 26.4 Å². The van der Waals surface area contributed by atoms with Gasteiger partial charge >= 0.3 is 0 Å². The third-order valence-corrected chi connectivity index (χ3v) is 3.85. The first-order valence-corrected chi connectivity index (χ1v) is 7.18. The molecule has 1 aliphatic heterocycles. The molecular formula is C16H22ClN3O. The Kier molecular flexibility index (Phi) is 5.39. The van der Waals surface area contributed by atoms with E-state index < -0.39 is 0 Å². The Morgan fingerprint density at radius 3 is 2.81 bits per heavy atom. The van der Waals surface area contributed by atoms with Crippen LogP contribution in [-0.4, -0.2) is 35.6 Å². The Hall–Kier alpha value is -1.36. The summed E-state index contributed by atoms with van der Waals surface area (Å²) >= 11 is 0. The molecule has 1 N–H and O–H groups in total. The fourth-order valence-electron chi connectivity index (χ4n) is 2.53. The summed E-state index contributed by atoms with van der Waals surface area (Å²) < 4.78 is 5.61. The number of halogens is 1. The van der Waals surface area contributed by atoms with Gasteiger partial charge in [-0.25, -0.2) is 4.98 Å². The second kappa shape index (κ2) is 7.07. The third kappa shape index (κ3) is 3.84. The van der Waals surface area contributed by atoms with Gasteiger partial charge in [-0.05, 0) is 26.0 Å².